The zero-order valence-electron chi connectivity index (χ0n) is 11.3. The highest BCUT2D eigenvalue weighted by atomic mass is 16.8. The highest BCUT2D eigenvalue weighted by Gasteiger charge is 2.60. The molecule has 0 saturated heterocycles. The van der Waals surface area contributed by atoms with Gasteiger partial charge < -0.3 is 29.9 Å². The summed E-state index contributed by atoms with van der Waals surface area (Å²) in [6.45, 7) is -0.906. The summed E-state index contributed by atoms with van der Waals surface area (Å²) in [5.74, 6) is -4.34. The van der Waals surface area contributed by atoms with Gasteiger partial charge in [0.15, 0.2) is 0 Å². The number of aliphatic carboxylic acids is 1. The molecule has 116 valence electrons. The third-order valence-electron chi connectivity index (χ3n) is 4.42. The molecular formula is C13H22O7. The van der Waals surface area contributed by atoms with Gasteiger partial charge in [-0.05, 0) is 31.1 Å². The first-order valence-corrected chi connectivity index (χ1v) is 6.98. The van der Waals surface area contributed by atoms with Crippen LogP contribution in [0.1, 0.15) is 19.3 Å². The monoisotopic (exact) mass is 290 g/mol. The van der Waals surface area contributed by atoms with Crippen LogP contribution in [0, 0.1) is 23.7 Å². The molecule has 2 aliphatic carbocycles. The molecule has 2 rings (SSSR count). The molecule has 2 aliphatic rings. The number of aliphatic hydroxyl groups excluding tert-OH is 2. The highest BCUT2D eigenvalue weighted by molar-refractivity contribution is 5.71. The van der Waals surface area contributed by atoms with Crippen LogP contribution in [0.4, 0.5) is 0 Å². The third-order valence-corrected chi connectivity index (χ3v) is 4.42. The van der Waals surface area contributed by atoms with Gasteiger partial charge in [0.1, 0.15) is 0 Å². The number of ether oxygens (including phenoxy) is 2. The van der Waals surface area contributed by atoms with Crippen LogP contribution < -0.4 is 0 Å². The Balaban J connectivity index is 2.19. The average molecular weight is 290 g/mol. The van der Waals surface area contributed by atoms with Crippen molar-refractivity contribution in [1.29, 1.82) is 0 Å². The zero-order valence-corrected chi connectivity index (χ0v) is 11.3. The molecule has 4 N–H and O–H groups in total. The Bertz CT molecular complexity index is 338. The Morgan fingerprint density at radius 3 is 2.15 bits per heavy atom. The quantitative estimate of drug-likeness (QED) is 0.441. The van der Waals surface area contributed by atoms with E-state index in [9.17, 15) is 15.0 Å². The SMILES string of the molecule is O=C(O)C1C2CCC(C2)C1C(O)(OCCO)OCCO. The minimum atomic E-state index is -2.06. The summed E-state index contributed by atoms with van der Waals surface area (Å²) in [7, 11) is 0. The second kappa shape index (κ2) is 6.36. The summed E-state index contributed by atoms with van der Waals surface area (Å²) in [6, 6.07) is 0. The fourth-order valence-electron chi connectivity index (χ4n) is 3.79. The number of hydrogen-bond donors (Lipinski definition) is 4. The molecule has 0 heterocycles. The molecule has 0 amide bonds. The number of carboxylic acids is 1. The Labute approximate surface area is 117 Å². The van der Waals surface area contributed by atoms with Crippen molar-refractivity contribution in [2.75, 3.05) is 26.4 Å². The number of carboxylic acid groups (broad SMARTS) is 1. The summed E-state index contributed by atoms with van der Waals surface area (Å²) in [5, 5.41) is 37.7. The maximum absolute atomic E-state index is 11.5. The molecule has 0 aromatic heterocycles. The fraction of sp³-hybridized carbons (Fsp3) is 0.923. The molecule has 0 spiro atoms. The van der Waals surface area contributed by atoms with Crippen LogP contribution in [0.3, 0.4) is 0 Å². The Kier molecular flexibility index (Phi) is 4.98. The molecule has 0 aromatic carbocycles. The maximum Gasteiger partial charge on any atom is 0.307 e. The lowest BCUT2D eigenvalue weighted by Gasteiger charge is -2.40. The molecule has 4 atom stereocenters. The normalized spacial score (nSPS) is 32.8. The Hall–Kier alpha value is -0.730. The van der Waals surface area contributed by atoms with Crippen molar-refractivity contribution in [2.24, 2.45) is 23.7 Å². The van der Waals surface area contributed by atoms with Crippen LogP contribution in [0.2, 0.25) is 0 Å². The van der Waals surface area contributed by atoms with Gasteiger partial charge in [0.05, 0.1) is 38.3 Å². The van der Waals surface area contributed by atoms with Crippen molar-refractivity contribution < 1.29 is 34.7 Å². The molecule has 7 heteroatoms. The van der Waals surface area contributed by atoms with Crippen molar-refractivity contribution in [3.05, 3.63) is 0 Å². The van der Waals surface area contributed by atoms with Gasteiger partial charge in [-0.3, -0.25) is 4.79 Å². The first-order valence-electron chi connectivity index (χ1n) is 6.98. The smallest absolute Gasteiger partial charge is 0.307 e. The van der Waals surface area contributed by atoms with Crippen LogP contribution in [0.25, 0.3) is 0 Å². The summed E-state index contributed by atoms with van der Waals surface area (Å²) in [6.07, 6.45) is 2.43. The van der Waals surface area contributed by atoms with Crippen LogP contribution in [-0.2, 0) is 14.3 Å². The second-order valence-corrected chi connectivity index (χ2v) is 5.50. The van der Waals surface area contributed by atoms with E-state index >= 15 is 0 Å². The molecule has 2 fully saturated rings. The van der Waals surface area contributed by atoms with Gasteiger partial charge >= 0.3 is 5.97 Å². The number of rotatable bonds is 8. The van der Waals surface area contributed by atoms with E-state index in [2.05, 4.69) is 0 Å². The highest BCUT2D eigenvalue weighted by Crippen LogP contribution is 2.56. The largest absolute Gasteiger partial charge is 0.481 e. The predicted octanol–water partition coefficient (Wildman–Crippen LogP) is -0.603. The van der Waals surface area contributed by atoms with Crippen LogP contribution in [0.15, 0.2) is 0 Å². The lowest BCUT2D eigenvalue weighted by atomic mass is 9.77. The fourth-order valence-corrected chi connectivity index (χ4v) is 3.79. The Morgan fingerprint density at radius 2 is 1.65 bits per heavy atom. The molecule has 20 heavy (non-hydrogen) atoms. The van der Waals surface area contributed by atoms with E-state index < -0.39 is 23.8 Å². The van der Waals surface area contributed by atoms with Gasteiger partial charge in [-0.2, -0.15) is 0 Å². The van der Waals surface area contributed by atoms with E-state index in [1.807, 2.05) is 0 Å². The molecule has 7 nitrogen and oxygen atoms in total. The van der Waals surface area contributed by atoms with E-state index in [1.54, 1.807) is 0 Å². The first kappa shape index (κ1) is 15.7. The topological polar surface area (TPSA) is 116 Å². The molecule has 0 radical (unpaired) electrons. The molecule has 4 unspecified atom stereocenters. The lowest BCUT2D eigenvalue weighted by Crippen LogP contribution is -2.51. The third kappa shape index (κ3) is 2.82. The number of aliphatic hydroxyl groups is 3. The maximum atomic E-state index is 11.5. The van der Waals surface area contributed by atoms with E-state index in [0.717, 1.165) is 19.3 Å². The van der Waals surface area contributed by atoms with Crippen LogP contribution in [0.5, 0.6) is 0 Å². The van der Waals surface area contributed by atoms with E-state index in [4.69, 9.17) is 19.7 Å². The van der Waals surface area contributed by atoms with Crippen molar-refractivity contribution >= 4 is 5.97 Å². The molecule has 0 aromatic rings. The van der Waals surface area contributed by atoms with Crippen molar-refractivity contribution in [2.45, 2.75) is 25.2 Å². The van der Waals surface area contributed by atoms with E-state index in [0.29, 0.717) is 0 Å². The van der Waals surface area contributed by atoms with E-state index in [-0.39, 0.29) is 38.3 Å². The standard InChI is InChI=1S/C13H22O7/c14-3-5-19-13(18,20-6-4-15)11-9-2-1-8(7-9)10(11)12(16)17/h8-11,14-15,18H,1-7H2,(H,16,17). The lowest BCUT2D eigenvalue weighted by molar-refractivity contribution is -0.398. The van der Waals surface area contributed by atoms with Crippen LogP contribution in [-0.4, -0.2) is 58.8 Å². The van der Waals surface area contributed by atoms with Crippen molar-refractivity contribution in [1.82, 2.24) is 0 Å². The average Bonchev–Trinajstić information content (AvgIpc) is 3.03. The van der Waals surface area contributed by atoms with Gasteiger partial charge in [0.25, 0.3) is 5.97 Å². The van der Waals surface area contributed by atoms with Gasteiger partial charge in [0.2, 0.25) is 0 Å². The van der Waals surface area contributed by atoms with Crippen LogP contribution >= 0.6 is 0 Å². The van der Waals surface area contributed by atoms with E-state index in [1.165, 1.54) is 0 Å². The zero-order chi connectivity index (χ0) is 14.8. The number of fused-ring (bicyclic) bond motifs is 2. The predicted molar refractivity (Wildman–Crippen MR) is 66.5 cm³/mol. The van der Waals surface area contributed by atoms with Crippen molar-refractivity contribution in [3.8, 4) is 0 Å². The number of hydrogen-bond acceptors (Lipinski definition) is 6. The summed E-state index contributed by atoms with van der Waals surface area (Å²) in [4.78, 5) is 11.5. The minimum Gasteiger partial charge on any atom is -0.481 e. The van der Waals surface area contributed by atoms with Gasteiger partial charge in [0, 0.05) is 0 Å². The summed E-state index contributed by atoms with van der Waals surface area (Å²) >= 11 is 0. The molecule has 2 saturated carbocycles. The van der Waals surface area contributed by atoms with Gasteiger partial charge in [-0.15, -0.1) is 0 Å². The molecule has 0 aliphatic heterocycles. The van der Waals surface area contributed by atoms with Crippen molar-refractivity contribution in [3.63, 3.8) is 0 Å². The summed E-state index contributed by atoms with van der Waals surface area (Å²) < 4.78 is 10.4. The second-order valence-electron chi connectivity index (χ2n) is 5.50. The molecular weight excluding hydrogens is 268 g/mol. The minimum absolute atomic E-state index is 0.0310. The van der Waals surface area contributed by atoms with Gasteiger partial charge in [-0.1, -0.05) is 0 Å². The number of carbonyl (C=O) groups is 1. The summed E-state index contributed by atoms with van der Waals surface area (Å²) in [5.41, 5.74) is 0. The molecule has 2 bridgehead atoms. The first-order chi connectivity index (χ1) is 9.53. The Morgan fingerprint density at radius 1 is 1.10 bits per heavy atom. The van der Waals surface area contributed by atoms with Gasteiger partial charge in [-0.25, -0.2) is 0 Å².